The molecule has 23 heavy (non-hydrogen) atoms. The Bertz CT molecular complexity index is 835. The molecule has 0 aliphatic carbocycles. The Balaban J connectivity index is 2.07. The van der Waals surface area contributed by atoms with Crippen molar-refractivity contribution < 1.29 is 18.1 Å². The smallest absolute Gasteiger partial charge is 0.269 e. The second kappa shape index (κ2) is 6.86. The van der Waals surface area contributed by atoms with Gasteiger partial charge >= 0.3 is 0 Å². The molecule has 2 N–H and O–H groups in total. The van der Waals surface area contributed by atoms with Gasteiger partial charge in [0.2, 0.25) is 0 Å². The van der Waals surface area contributed by atoms with Gasteiger partial charge in [-0.2, -0.15) is 0 Å². The second-order valence-corrected chi connectivity index (χ2v) is 6.92. The summed E-state index contributed by atoms with van der Waals surface area (Å²) in [6.07, 6.45) is 0. The van der Waals surface area contributed by atoms with Crippen LogP contribution in [0.3, 0.4) is 0 Å². The first-order valence-corrected chi connectivity index (χ1v) is 8.39. The van der Waals surface area contributed by atoms with Gasteiger partial charge in [-0.3, -0.25) is 20.3 Å². The van der Waals surface area contributed by atoms with E-state index < -0.39 is 20.9 Å². The fourth-order valence-corrected chi connectivity index (χ4v) is 2.70. The highest BCUT2D eigenvalue weighted by atomic mass is 79.9. The highest BCUT2D eigenvalue weighted by Crippen LogP contribution is 2.15. The van der Waals surface area contributed by atoms with Crippen molar-refractivity contribution >= 4 is 37.5 Å². The number of non-ortho nitro benzene ring substituents is 1. The van der Waals surface area contributed by atoms with E-state index in [9.17, 15) is 23.3 Å². The molecule has 0 radical (unpaired) electrons. The van der Waals surface area contributed by atoms with Crippen LogP contribution in [-0.2, 0) is 10.0 Å². The molecule has 0 aliphatic heterocycles. The van der Waals surface area contributed by atoms with Gasteiger partial charge < -0.3 is 0 Å². The van der Waals surface area contributed by atoms with Crippen LogP contribution in [0.4, 0.5) is 5.69 Å². The Morgan fingerprint density at radius 2 is 1.61 bits per heavy atom. The van der Waals surface area contributed by atoms with Crippen molar-refractivity contribution in [2.75, 3.05) is 0 Å². The number of sulfonamides is 1. The van der Waals surface area contributed by atoms with Crippen molar-refractivity contribution in [3.05, 3.63) is 68.7 Å². The summed E-state index contributed by atoms with van der Waals surface area (Å²) in [5, 5.41) is 10.5. The summed E-state index contributed by atoms with van der Waals surface area (Å²) in [5.41, 5.74) is 2.10. The number of hydrogen-bond acceptors (Lipinski definition) is 5. The predicted molar refractivity (Wildman–Crippen MR) is 85.0 cm³/mol. The Morgan fingerprint density at radius 3 is 2.13 bits per heavy atom. The van der Waals surface area contributed by atoms with Crippen LogP contribution in [0.1, 0.15) is 10.4 Å². The quantitative estimate of drug-likeness (QED) is 0.588. The van der Waals surface area contributed by atoms with Crippen LogP contribution in [-0.4, -0.2) is 19.2 Å². The fraction of sp³-hybridized carbons (Fsp3) is 0. The van der Waals surface area contributed by atoms with Crippen molar-refractivity contribution in [3.8, 4) is 0 Å². The van der Waals surface area contributed by atoms with E-state index in [0.717, 1.165) is 28.7 Å². The van der Waals surface area contributed by atoms with E-state index in [4.69, 9.17) is 0 Å². The topological polar surface area (TPSA) is 118 Å². The summed E-state index contributed by atoms with van der Waals surface area (Å²) >= 11 is 3.22. The minimum Gasteiger partial charge on any atom is -0.273 e. The van der Waals surface area contributed by atoms with E-state index in [0.29, 0.717) is 0 Å². The van der Waals surface area contributed by atoms with Gasteiger partial charge in [-0.1, -0.05) is 15.9 Å². The molecule has 0 aromatic heterocycles. The molecule has 2 rings (SSSR count). The maximum Gasteiger partial charge on any atom is 0.269 e. The van der Waals surface area contributed by atoms with E-state index in [-0.39, 0.29) is 16.1 Å². The molecule has 10 heteroatoms. The van der Waals surface area contributed by atoms with Crippen molar-refractivity contribution in [1.29, 1.82) is 0 Å². The third-order valence-electron chi connectivity index (χ3n) is 2.76. The molecule has 0 heterocycles. The minimum absolute atomic E-state index is 0.209. The summed E-state index contributed by atoms with van der Waals surface area (Å²) in [4.78, 5) is 23.5. The van der Waals surface area contributed by atoms with Gasteiger partial charge in [0, 0.05) is 22.2 Å². The van der Waals surface area contributed by atoms with Crippen molar-refractivity contribution in [2.24, 2.45) is 0 Å². The number of rotatable bonds is 5. The number of nitrogens with zero attached hydrogens (tertiary/aromatic N) is 1. The van der Waals surface area contributed by atoms with Crippen LogP contribution in [0.25, 0.3) is 0 Å². The molecule has 0 atom stereocenters. The number of carbonyl (C=O) groups is 1. The molecule has 0 saturated heterocycles. The largest absolute Gasteiger partial charge is 0.273 e. The molecule has 0 spiro atoms. The summed E-state index contributed by atoms with van der Waals surface area (Å²) in [6.45, 7) is 0. The normalized spacial score (nSPS) is 11.0. The first-order chi connectivity index (χ1) is 10.8. The number of hydrogen-bond donors (Lipinski definition) is 2. The fourth-order valence-electron chi connectivity index (χ4n) is 1.59. The van der Waals surface area contributed by atoms with Gasteiger partial charge in [0.1, 0.15) is 0 Å². The zero-order valence-corrected chi connectivity index (χ0v) is 13.8. The monoisotopic (exact) mass is 399 g/mol. The van der Waals surface area contributed by atoms with Gasteiger partial charge in [-0.25, -0.2) is 8.42 Å². The molecule has 0 aliphatic rings. The molecular formula is C13H10BrN3O5S. The molecule has 0 fully saturated rings. The van der Waals surface area contributed by atoms with E-state index >= 15 is 0 Å². The average molecular weight is 400 g/mol. The number of benzene rings is 2. The van der Waals surface area contributed by atoms with Crippen LogP contribution in [0.5, 0.6) is 0 Å². The number of nitro groups is 1. The number of amides is 1. The lowest BCUT2D eigenvalue weighted by Gasteiger charge is -2.08. The highest BCUT2D eigenvalue weighted by molar-refractivity contribution is 9.10. The van der Waals surface area contributed by atoms with E-state index in [1.807, 2.05) is 4.83 Å². The third kappa shape index (κ3) is 4.34. The van der Waals surface area contributed by atoms with Gasteiger partial charge in [0.05, 0.1) is 9.82 Å². The van der Waals surface area contributed by atoms with Crippen LogP contribution >= 0.6 is 15.9 Å². The Hall–Kier alpha value is -2.30. The Kier molecular flexibility index (Phi) is 5.08. The Morgan fingerprint density at radius 1 is 1.04 bits per heavy atom. The lowest BCUT2D eigenvalue weighted by molar-refractivity contribution is -0.384. The first-order valence-electron chi connectivity index (χ1n) is 6.12. The SMILES string of the molecule is O=C(NNS(=O)(=O)c1ccc([N+](=O)[O-])cc1)c1ccc(Br)cc1. The summed E-state index contributed by atoms with van der Waals surface area (Å²) in [5.74, 6) is -0.636. The maximum absolute atomic E-state index is 12.0. The number of nitro benzene ring substituents is 1. The molecular weight excluding hydrogens is 390 g/mol. The van der Waals surface area contributed by atoms with Gasteiger partial charge in [0.15, 0.2) is 0 Å². The second-order valence-electron chi connectivity index (χ2n) is 4.32. The number of hydrazine groups is 1. The highest BCUT2D eigenvalue weighted by Gasteiger charge is 2.17. The van der Waals surface area contributed by atoms with Gasteiger partial charge in [-0.05, 0) is 36.4 Å². The standard InChI is InChI=1S/C13H10BrN3O5S/c14-10-3-1-9(2-4-10)13(18)15-16-23(21,22)12-7-5-11(6-8-12)17(19)20/h1-8,16H,(H,15,18). The predicted octanol–water partition coefficient (Wildman–Crippen LogP) is 1.98. The number of halogens is 1. The van der Waals surface area contributed by atoms with Crippen LogP contribution in [0, 0.1) is 10.1 Å². The van der Waals surface area contributed by atoms with Crippen LogP contribution in [0.15, 0.2) is 57.9 Å². The van der Waals surface area contributed by atoms with E-state index in [2.05, 4.69) is 21.4 Å². The summed E-state index contributed by atoms with van der Waals surface area (Å²) in [6, 6.07) is 10.6. The van der Waals surface area contributed by atoms with Gasteiger partial charge in [-0.15, -0.1) is 4.83 Å². The van der Waals surface area contributed by atoms with Crippen molar-refractivity contribution in [2.45, 2.75) is 4.90 Å². The third-order valence-corrected chi connectivity index (χ3v) is 4.56. The van der Waals surface area contributed by atoms with Crippen LogP contribution < -0.4 is 10.3 Å². The minimum atomic E-state index is -4.03. The molecule has 8 nitrogen and oxygen atoms in total. The number of carbonyl (C=O) groups excluding carboxylic acids is 1. The van der Waals surface area contributed by atoms with E-state index in [1.54, 1.807) is 12.1 Å². The zero-order chi connectivity index (χ0) is 17.0. The van der Waals surface area contributed by atoms with Crippen molar-refractivity contribution in [1.82, 2.24) is 10.3 Å². The molecule has 0 unspecified atom stereocenters. The molecule has 0 saturated carbocycles. The van der Waals surface area contributed by atoms with Crippen molar-refractivity contribution in [3.63, 3.8) is 0 Å². The summed E-state index contributed by atoms with van der Waals surface area (Å²) < 4.78 is 24.8. The van der Waals surface area contributed by atoms with Crippen LogP contribution in [0.2, 0.25) is 0 Å². The zero-order valence-electron chi connectivity index (χ0n) is 11.4. The molecule has 120 valence electrons. The van der Waals surface area contributed by atoms with E-state index in [1.165, 1.54) is 12.1 Å². The number of nitrogens with one attached hydrogen (secondary N) is 2. The first kappa shape index (κ1) is 17.1. The molecule has 1 amide bonds. The molecule has 2 aromatic carbocycles. The maximum atomic E-state index is 12.0. The molecule has 0 bridgehead atoms. The average Bonchev–Trinajstić information content (AvgIpc) is 2.53. The molecule has 2 aromatic rings. The lowest BCUT2D eigenvalue weighted by Crippen LogP contribution is -2.41. The Labute approximate surface area is 139 Å². The van der Waals surface area contributed by atoms with Gasteiger partial charge in [0.25, 0.3) is 21.6 Å². The lowest BCUT2D eigenvalue weighted by atomic mass is 10.2. The summed E-state index contributed by atoms with van der Waals surface area (Å²) in [7, 11) is -4.03.